The average Bonchev–Trinajstić information content (AvgIpc) is 2.63. The Labute approximate surface area is 185 Å². The standard InChI is InChI=1S/C26H39NO2Si/c1-20-15-16-26(25(5,6)18-20,21-12-8-7-9-13-21)19-23(29)27-22(28)14-10-11-17-30-24(2,3)4/h7-9,12-13,15-16,18H,10-11,14,17,19,30H2,1-6H3,(H,27,28,29). The Morgan fingerprint density at radius 2 is 1.70 bits per heavy atom. The zero-order valence-corrected chi connectivity index (χ0v) is 21.1. The van der Waals surface area contributed by atoms with Crippen molar-refractivity contribution in [3.8, 4) is 0 Å². The number of amides is 2. The number of benzene rings is 1. The summed E-state index contributed by atoms with van der Waals surface area (Å²) in [4.78, 5) is 25.3. The summed E-state index contributed by atoms with van der Waals surface area (Å²) in [7, 11) is -0.101. The van der Waals surface area contributed by atoms with Crippen LogP contribution in [0.1, 0.15) is 72.8 Å². The van der Waals surface area contributed by atoms with Gasteiger partial charge in [-0.3, -0.25) is 14.9 Å². The summed E-state index contributed by atoms with van der Waals surface area (Å²) < 4.78 is 0. The highest BCUT2D eigenvalue weighted by atomic mass is 28.2. The van der Waals surface area contributed by atoms with E-state index in [4.69, 9.17) is 0 Å². The lowest BCUT2D eigenvalue weighted by atomic mass is 9.57. The molecule has 0 heterocycles. The van der Waals surface area contributed by atoms with Crippen molar-refractivity contribution in [1.82, 2.24) is 5.32 Å². The van der Waals surface area contributed by atoms with Gasteiger partial charge < -0.3 is 0 Å². The van der Waals surface area contributed by atoms with E-state index in [2.05, 4.69) is 77.2 Å². The summed E-state index contributed by atoms with van der Waals surface area (Å²) >= 11 is 0. The minimum absolute atomic E-state index is 0.101. The van der Waals surface area contributed by atoms with Gasteiger partial charge in [0.15, 0.2) is 0 Å². The molecule has 0 aromatic heterocycles. The lowest BCUT2D eigenvalue weighted by molar-refractivity contribution is -0.131. The third kappa shape index (κ3) is 6.53. The highest BCUT2D eigenvalue weighted by Gasteiger charge is 2.46. The van der Waals surface area contributed by atoms with Crippen molar-refractivity contribution in [3.63, 3.8) is 0 Å². The van der Waals surface area contributed by atoms with Crippen LogP contribution in [-0.4, -0.2) is 21.3 Å². The number of imide groups is 1. The Morgan fingerprint density at radius 1 is 1.03 bits per heavy atom. The molecule has 1 unspecified atom stereocenters. The van der Waals surface area contributed by atoms with Crippen LogP contribution in [0.2, 0.25) is 11.1 Å². The minimum atomic E-state index is -0.476. The van der Waals surface area contributed by atoms with Gasteiger partial charge >= 0.3 is 0 Å². The zero-order chi connectivity index (χ0) is 22.4. The molecule has 3 nitrogen and oxygen atoms in total. The lowest BCUT2D eigenvalue weighted by Crippen LogP contribution is -2.45. The van der Waals surface area contributed by atoms with Gasteiger partial charge in [-0.05, 0) is 29.4 Å². The first-order valence-corrected chi connectivity index (χ1v) is 12.9. The van der Waals surface area contributed by atoms with Gasteiger partial charge in [0.2, 0.25) is 11.8 Å². The van der Waals surface area contributed by atoms with Gasteiger partial charge in [-0.15, -0.1) is 0 Å². The summed E-state index contributed by atoms with van der Waals surface area (Å²) in [5, 5.41) is 3.13. The molecule has 2 amide bonds. The van der Waals surface area contributed by atoms with Gasteiger partial charge in [0.05, 0.1) is 0 Å². The number of rotatable bonds is 8. The monoisotopic (exact) mass is 425 g/mol. The third-order valence-electron chi connectivity index (χ3n) is 6.21. The van der Waals surface area contributed by atoms with Crippen molar-refractivity contribution in [2.75, 3.05) is 0 Å². The number of hydrogen-bond donors (Lipinski definition) is 1. The fraction of sp³-hybridized carbons (Fsp3) is 0.538. The second-order valence-electron chi connectivity index (χ2n) is 10.6. The van der Waals surface area contributed by atoms with Gasteiger partial charge in [0.1, 0.15) is 0 Å². The molecule has 0 aliphatic heterocycles. The molecular formula is C26H39NO2Si. The molecule has 1 aliphatic rings. The fourth-order valence-electron chi connectivity index (χ4n) is 4.46. The molecule has 30 heavy (non-hydrogen) atoms. The topological polar surface area (TPSA) is 46.2 Å². The Balaban J connectivity index is 2.01. The molecule has 0 fully saturated rings. The smallest absolute Gasteiger partial charge is 0.227 e. The summed E-state index contributed by atoms with van der Waals surface area (Å²) in [6.45, 7) is 13.3. The summed E-state index contributed by atoms with van der Waals surface area (Å²) in [5.41, 5.74) is 1.58. The molecule has 4 heteroatoms. The maximum atomic E-state index is 12.9. The SMILES string of the molecule is CC1=CC(C)(C)C(CC(=O)NC(=O)CCCC[SiH2]C(C)(C)C)(c2ccccc2)C=C1. The Morgan fingerprint density at radius 3 is 2.30 bits per heavy atom. The highest BCUT2D eigenvalue weighted by Crippen LogP contribution is 2.49. The molecule has 1 atom stereocenters. The molecule has 0 saturated carbocycles. The second-order valence-corrected chi connectivity index (χ2v) is 13.9. The summed E-state index contributed by atoms with van der Waals surface area (Å²) in [5.74, 6) is -0.344. The molecule has 0 saturated heterocycles. The van der Waals surface area contributed by atoms with Gasteiger partial charge in [-0.1, -0.05) is 101 Å². The van der Waals surface area contributed by atoms with Crippen molar-refractivity contribution in [3.05, 3.63) is 59.7 Å². The molecule has 1 aliphatic carbocycles. The number of allylic oxidation sites excluding steroid dienone is 4. The van der Waals surface area contributed by atoms with Crippen LogP contribution < -0.4 is 5.32 Å². The van der Waals surface area contributed by atoms with E-state index in [9.17, 15) is 9.59 Å². The van der Waals surface area contributed by atoms with E-state index in [0.29, 0.717) is 11.5 Å². The normalized spacial score (nSPS) is 20.9. The number of nitrogens with one attached hydrogen (secondary N) is 1. The quantitative estimate of drug-likeness (QED) is 0.443. The van der Waals surface area contributed by atoms with Crippen molar-refractivity contribution in [2.45, 2.75) is 83.7 Å². The first-order valence-electron chi connectivity index (χ1n) is 11.2. The van der Waals surface area contributed by atoms with E-state index in [0.717, 1.165) is 18.4 Å². The van der Waals surface area contributed by atoms with Crippen LogP contribution in [0, 0.1) is 5.41 Å². The van der Waals surface area contributed by atoms with Crippen LogP contribution in [0.15, 0.2) is 54.1 Å². The molecule has 1 aromatic carbocycles. The van der Waals surface area contributed by atoms with Gasteiger partial charge in [0, 0.05) is 27.8 Å². The number of carbonyl (C=O) groups excluding carboxylic acids is 2. The predicted octanol–water partition coefficient (Wildman–Crippen LogP) is 5.48. The van der Waals surface area contributed by atoms with Gasteiger partial charge in [0.25, 0.3) is 0 Å². The molecule has 2 rings (SSSR count). The van der Waals surface area contributed by atoms with E-state index >= 15 is 0 Å². The highest BCUT2D eigenvalue weighted by molar-refractivity contribution is 6.39. The average molecular weight is 426 g/mol. The van der Waals surface area contributed by atoms with Crippen molar-refractivity contribution >= 4 is 21.3 Å². The summed E-state index contributed by atoms with van der Waals surface area (Å²) in [6.07, 6.45) is 9.10. The molecule has 164 valence electrons. The van der Waals surface area contributed by atoms with Crippen LogP contribution in [0.5, 0.6) is 0 Å². The number of hydrogen-bond acceptors (Lipinski definition) is 2. The van der Waals surface area contributed by atoms with Crippen LogP contribution in [-0.2, 0) is 15.0 Å². The lowest BCUT2D eigenvalue weighted by Gasteiger charge is -2.46. The zero-order valence-electron chi connectivity index (χ0n) is 19.7. The van der Waals surface area contributed by atoms with Crippen molar-refractivity contribution in [1.29, 1.82) is 0 Å². The third-order valence-corrected chi connectivity index (χ3v) is 8.56. The number of carbonyl (C=O) groups is 2. The maximum absolute atomic E-state index is 12.9. The van der Waals surface area contributed by atoms with Crippen LogP contribution >= 0.6 is 0 Å². The first-order chi connectivity index (χ1) is 14.0. The largest absolute Gasteiger partial charge is 0.296 e. The van der Waals surface area contributed by atoms with E-state index in [1.807, 2.05) is 18.2 Å². The van der Waals surface area contributed by atoms with E-state index in [1.165, 1.54) is 11.6 Å². The molecular weight excluding hydrogens is 386 g/mol. The van der Waals surface area contributed by atoms with Gasteiger partial charge in [-0.2, -0.15) is 0 Å². The fourth-order valence-corrected chi connectivity index (χ4v) is 6.12. The van der Waals surface area contributed by atoms with Crippen molar-refractivity contribution < 1.29 is 9.59 Å². The molecule has 0 spiro atoms. The Hall–Kier alpha value is -1.94. The Kier molecular flexibility index (Phi) is 8.04. The molecule has 0 radical (unpaired) electrons. The van der Waals surface area contributed by atoms with E-state index in [-0.39, 0.29) is 33.2 Å². The van der Waals surface area contributed by atoms with Crippen molar-refractivity contribution in [2.24, 2.45) is 5.41 Å². The summed E-state index contributed by atoms with van der Waals surface area (Å²) in [6, 6.07) is 11.4. The second kappa shape index (κ2) is 9.91. The molecule has 1 N–H and O–H groups in total. The van der Waals surface area contributed by atoms with Crippen LogP contribution in [0.3, 0.4) is 0 Å². The number of unbranched alkanes of at least 4 members (excludes halogenated alkanes) is 1. The minimum Gasteiger partial charge on any atom is -0.296 e. The molecule has 0 bridgehead atoms. The van der Waals surface area contributed by atoms with E-state index in [1.54, 1.807) is 0 Å². The van der Waals surface area contributed by atoms with E-state index < -0.39 is 5.41 Å². The maximum Gasteiger partial charge on any atom is 0.227 e. The van der Waals surface area contributed by atoms with Crippen LogP contribution in [0.4, 0.5) is 0 Å². The Bertz CT molecular complexity index is 802. The molecule has 1 aromatic rings. The predicted molar refractivity (Wildman–Crippen MR) is 129 cm³/mol. The van der Waals surface area contributed by atoms with Crippen LogP contribution in [0.25, 0.3) is 0 Å². The van der Waals surface area contributed by atoms with Gasteiger partial charge in [-0.25, -0.2) is 0 Å². The first kappa shape index (κ1) is 24.3.